The number of ether oxygens (including phenoxy) is 1. The summed E-state index contributed by atoms with van der Waals surface area (Å²) in [7, 11) is 1.52. The van der Waals surface area contributed by atoms with Gasteiger partial charge in [0.05, 0.1) is 24.6 Å². The van der Waals surface area contributed by atoms with Crippen LogP contribution in [0.4, 0.5) is 11.4 Å². The molecule has 0 fully saturated rings. The topological polar surface area (TPSA) is 77.5 Å². The molecule has 0 aliphatic heterocycles. The van der Waals surface area contributed by atoms with E-state index in [0.717, 1.165) is 0 Å². The third-order valence-corrected chi connectivity index (χ3v) is 2.27. The van der Waals surface area contributed by atoms with E-state index in [1.807, 2.05) is 0 Å². The first kappa shape index (κ1) is 11.1. The van der Waals surface area contributed by atoms with Crippen molar-refractivity contribution >= 4 is 17.3 Å². The van der Waals surface area contributed by atoms with Gasteiger partial charge in [-0.25, -0.2) is 0 Å². The van der Waals surface area contributed by atoms with Crippen molar-refractivity contribution in [3.8, 4) is 5.75 Å². The predicted molar refractivity (Wildman–Crippen MR) is 64.1 cm³/mol. The van der Waals surface area contributed by atoms with E-state index in [1.165, 1.54) is 19.6 Å². The molecular weight excluding hydrogens is 220 g/mol. The summed E-state index contributed by atoms with van der Waals surface area (Å²) in [4.78, 5) is 11.7. The average Bonchev–Trinajstić information content (AvgIpc) is 2.85. The first-order valence-corrected chi connectivity index (χ1v) is 4.98. The first-order chi connectivity index (χ1) is 8.20. The molecule has 0 atom stereocenters. The minimum absolute atomic E-state index is 0.245. The van der Waals surface area contributed by atoms with Crippen LogP contribution in [0.25, 0.3) is 0 Å². The molecule has 1 aromatic heterocycles. The van der Waals surface area contributed by atoms with Crippen LogP contribution in [0.5, 0.6) is 5.75 Å². The van der Waals surface area contributed by atoms with Gasteiger partial charge in [0, 0.05) is 11.8 Å². The molecule has 17 heavy (non-hydrogen) atoms. The normalized spacial score (nSPS) is 9.94. The fraction of sp³-hybridized carbons (Fsp3) is 0.0833. The van der Waals surface area contributed by atoms with Crippen LogP contribution in [-0.2, 0) is 0 Å². The molecule has 2 aromatic rings. The Morgan fingerprint density at radius 3 is 2.88 bits per heavy atom. The highest BCUT2D eigenvalue weighted by Crippen LogP contribution is 2.25. The molecule has 1 heterocycles. The molecule has 1 amide bonds. The molecule has 5 heteroatoms. The van der Waals surface area contributed by atoms with Gasteiger partial charge in [-0.2, -0.15) is 0 Å². The van der Waals surface area contributed by atoms with Gasteiger partial charge in [-0.1, -0.05) is 0 Å². The van der Waals surface area contributed by atoms with Crippen molar-refractivity contribution in [3.05, 3.63) is 42.4 Å². The lowest BCUT2D eigenvalue weighted by molar-refractivity contribution is 0.102. The molecule has 0 saturated carbocycles. The van der Waals surface area contributed by atoms with E-state index in [9.17, 15) is 4.79 Å². The Morgan fingerprint density at radius 1 is 1.41 bits per heavy atom. The number of furan rings is 1. The van der Waals surface area contributed by atoms with Crippen molar-refractivity contribution in [2.75, 3.05) is 18.2 Å². The van der Waals surface area contributed by atoms with Crippen LogP contribution in [0, 0.1) is 0 Å². The van der Waals surface area contributed by atoms with E-state index in [-0.39, 0.29) is 5.91 Å². The minimum Gasteiger partial charge on any atom is -0.495 e. The molecule has 0 unspecified atom stereocenters. The second kappa shape index (κ2) is 4.61. The number of hydrogen-bond donors (Lipinski definition) is 2. The number of nitrogens with one attached hydrogen (secondary N) is 1. The number of nitrogens with two attached hydrogens (primary N) is 1. The molecule has 1 aromatic carbocycles. The highest BCUT2D eigenvalue weighted by molar-refractivity contribution is 6.04. The van der Waals surface area contributed by atoms with Gasteiger partial charge in [0.2, 0.25) is 0 Å². The number of carbonyl (C=O) groups excluding carboxylic acids is 1. The van der Waals surface area contributed by atoms with Crippen LogP contribution in [0.2, 0.25) is 0 Å². The SMILES string of the molecule is COc1cc(NC(=O)c2ccoc2)ccc1N. The van der Waals surface area contributed by atoms with Crippen LogP contribution in [0.1, 0.15) is 10.4 Å². The van der Waals surface area contributed by atoms with Crippen LogP contribution >= 0.6 is 0 Å². The van der Waals surface area contributed by atoms with Crippen LogP contribution in [-0.4, -0.2) is 13.0 Å². The van der Waals surface area contributed by atoms with Crippen molar-refractivity contribution < 1.29 is 13.9 Å². The Bertz CT molecular complexity index is 521. The molecule has 3 N–H and O–H groups in total. The summed E-state index contributed by atoms with van der Waals surface area (Å²) in [6.07, 6.45) is 2.82. The minimum atomic E-state index is -0.245. The fourth-order valence-electron chi connectivity index (χ4n) is 1.39. The Morgan fingerprint density at radius 2 is 2.24 bits per heavy atom. The number of rotatable bonds is 3. The van der Waals surface area contributed by atoms with E-state index in [1.54, 1.807) is 24.3 Å². The van der Waals surface area contributed by atoms with Gasteiger partial charge >= 0.3 is 0 Å². The zero-order chi connectivity index (χ0) is 12.3. The molecule has 0 radical (unpaired) electrons. The van der Waals surface area contributed by atoms with Gasteiger partial charge in [0.15, 0.2) is 0 Å². The summed E-state index contributed by atoms with van der Waals surface area (Å²) < 4.78 is 9.89. The number of anilines is 2. The maximum absolute atomic E-state index is 11.7. The standard InChI is InChI=1S/C12H12N2O3/c1-16-11-6-9(2-3-10(11)13)14-12(15)8-4-5-17-7-8/h2-7H,13H2,1H3,(H,14,15). The smallest absolute Gasteiger partial charge is 0.258 e. The second-order valence-electron chi connectivity index (χ2n) is 3.42. The number of methoxy groups -OCH3 is 1. The number of amides is 1. The van der Waals surface area contributed by atoms with E-state index in [4.69, 9.17) is 14.9 Å². The maximum atomic E-state index is 11.7. The zero-order valence-electron chi connectivity index (χ0n) is 9.27. The lowest BCUT2D eigenvalue weighted by Gasteiger charge is -2.08. The molecule has 88 valence electrons. The number of nitrogen functional groups attached to an aromatic ring is 1. The summed E-state index contributed by atoms with van der Waals surface area (Å²) in [5.41, 5.74) is 7.27. The highest BCUT2D eigenvalue weighted by atomic mass is 16.5. The summed E-state index contributed by atoms with van der Waals surface area (Å²) in [5.74, 6) is 0.278. The summed E-state index contributed by atoms with van der Waals surface area (Å²) in [6.45, 7) is 0. The van der Waals surface area contributed by atoms with Crippen LogP contribution in [0.3, 0.4) is 0 Å². The average molecular weight is 232 g/mol. The van der Waals surface area contributed by atoms with Crippen molar-refractivity contribution in [1.29, 1.82) is 0 Å². The van der Waals surface area contributed by atoms with Gasteiger partial charge in [-0.05, 0) is 18.2 Å². The van der Waals surface area contributed by atoms with Crippen molar-refractivity contribution in [2.24, 2.45) is 0 Å². The molecular formula is C12H12N2O3. The lowest BCUT2D eigenvalue weighted by Crippen LogP contribution is -2.11. The summed E-state index contributed by atoms with van der Waals surface area (Å²) in [6, 6.07) is 6.62. The number of hydrogen-bond acceptors (Lipinski definition) is 4. The van der Waals surface area contributed by atoms with E-state index < -0.39 is 0 Å². The van der Waals surface area contributed by atoms with Crippen LogP contribution in [0.15, 0.2) is 41.2 Å². The molecule has 0 bridgehead atoms. The predicted octanol–water partition coefficient (Wildman–Crippen LogP) is 2.12. The first-order valence-electron chi connectivity index (χ1n) is 4.98. The summed E-state index contributed by atoms with van der Waals surface area (Å²) >= 11 is 0. The molecule has 0 spiro atoms. The number of carbonyl (C=O) groups is 1. The Kier molecular flexibility index (Phi) is 3.00. The third-order valence-electron chi connectivity index (χ3n) is 2.27. The molecule has 0 aliphatic rings. The van der Waals surface area contributed by atoms with E-state index in [2.05, 4.69) is 5.32 Å². The molecule has 0 saturated heterocycles. The monoisotopic (exact) mass is 232 g/mol. The van der Waals surface area contributed by atoms with Gasteiger partial charge in [-0.3, -0.25) is 4.79 Å². The molecule has 0 aliphatic carbocycles. The quantitative estimate of drug-likeness (QED) is 0.794. The molecule has 5 nitrogen and oxygen atoms in total. The highest BCUT2D eigenvalue weighted by Gasteiger charge is 2.08. The van der Waals surface area contributed by atoms with Gasteiger partial charge in [0.25, 0.3) is 5.91 Å². The second-order valence-corrected chi connectivity index (χ2v) is 3.42. The van der Waals surface area contributed by atoms with Gasteiger partial charge in [0.1, 0.15) is 12.0 Å². The Labute approximate surface area is 98.2 Å². The molecule has 2 rings (SSSR count). The van der Waals surface area contributed by atoms with Crippen LogP contribution < -0.4 is 15.8 Å². The fourth-order valence-corrected chi connectivity index (χ4v) is 1.39. The van der Waals surface area contributed by atoms with Crippen molar-refractivity contribution in [1.82, 2.24) is 0 Å². The van der Waals surface area contributed by atoms with Crippen molar-refractivity contribution in [2.45, 2.75) is 0 Å². The number of benzene rings is 1. The van der Waals surface area contributed by atoms with Crippen molar-refractivity contribution in [3.63, 3.8) is 0 Å². The third kappa shape index (κ3) is 2.39. The van der Waals surface area contributed by atoms with E-state index >= 15 is 0 Å². The Hall–Kier alpha value is -2.43. The van der Waals surface area contributed by atoms with Gasteiger partial charge in [-0.15, -0.1) is 0 Å². The Balaban J connectivity index is 2.16. The largest absolute Gasteiger partial charge is 0.495 e. The lowest BCUT2D eigenvalue weighted by atomic mass is 10.2. The van der Waals surface area contributed by atoms with Gasteiger partial charge < -0.3 is 20.2 Å². The van der Waals surface area contributed by atoms with E-state index in [0.29, 0.717) is 22.7 Å². The summed E-state index contributed by atoms with van der Waals surface area (Å²) in [5, 5.41) is 2.71. The zero-order valence-corrected chi connectivity index (χ0v) is 9.27. The maximum Gasteiger partial charge on any atom is 0.258 e.